The Kier molecular flexibility index (Phi) is 11.0. The molecular weight excluding hydrogens is 656 g/mol. The third-order valence-corrected chi connectivity index (χ3v) is 9.84. The molecule has 6 rings (SSSR count). The zero-order valence-corrected chi connectivity index (χ0v) is 30.6. The zero-order chi connectivity index (χ0) is 36.8. The fourth-order valence-electron chi connectivity index (χ4n) is 6.35. The number of aldehydes is 1. The van der Waals surface area contributed by atoms with Crippen LogP contribution >= 0.6 is 0 Å². The van der Waals surface area contributed by atoms with Crippen LogP contribution < -0.4 is 14.8 Å². The molecule has 0 saturated heterocycles. The highest BCUT2D eigenvalue weighted by Gasteiger charge is 2.32. The molecule has 1 saturated carbocycles. The first-order valence-electron chi connectivity index (χ1n) is 17.8. The number of aromatic nitrogens is 4. The molecule has 1 unspecified atom stereocenters. The van der Waals surface area contributed by atoms with Crippen LogP contribution in [0.15, 0.2) is 83.5 Å². The van der Waals surface area contributed by atoms with Gasteiger partial charge in [0.15, 0.2) is 12.1 Å². The van der Waals surface area contributed by atoms with E-state index >= 15 is 0 Å². The van der Waals surface area contributed by atoms with Crippen LogP contribution in [-0.2, 0) is 12.0 Å². The Hall–Kier alpha value is -5.58. The van der Waals surface area contributed by atoms with Gasteiger partial charge in [0.2, 0.25) is 5.82 Å². The number of rotatable bonds is 15. The van der Waals surface area contributed by atoms with Crippen molar-refractivity contribution in [2.75, 3.05) is 12.4 Å². The van der Waals surface area contributed by atoms with Crippen molar-refractivity contribution in [3.05, 3.63) is 113 Å². The van der Waals surface area contributed by atoms with Gasteiger partial charge in [0, 0.05) is 54.8 Å². The lowest BCUT2D eigenvalue weighted by Gasteiger charge is -2.36. The van der Waals surface area contributed by atoms with E-state index in [0.29, 0.717) is 28.5 Å². The molecule has 1 aliphatic carbocycles. The minimum atomic E-state index is -0.241. The van der Waals surface area contributed by atoms with Crippen LogP contribution in [0.3, 0.4) is 0 Å². The molecule has 0 aliphatic heterocycles. The Morgan fingerprint density at radius 3 is 2.35 bits per heavy atom. The zero-order valence-electron chi connectivity index (χ0n) is 30.6. The highest BCUT2D eigenvalue weighted by molar-refractivity contribution is 6.02. The summed E-state index contributed by atoms with van der Waals surface area (Å²) in [5.74, 6) is 2.61. The van der Waals surface area contributed by atoms with Gasteiger partial charge in [-0.05, 0) is 79.9 Å². The van der Waals surface area contributed by atoms with Crippen LogP contribution in [0, 0.1) is 6.92 Å². The second-order valence-electron chi connectivity index (χ2n) is 14.0. The molecule has 11 nitrogen and oxygen atoms in total. The summed E-state index contributed by atoms with van der Waals surface area (Å²) < 4.78 is 17.5. The first kappa shape index (κ1) is 36.2. The lowest BCUT2D eigenvalue weighted by atomic mass is 9.78. The second kappa shape index (κ2) is 15.8. The number of benzene rings is 3. The highest BCUT2D eigenvalue weighted by Crippen LogP contribution is 2.35. The first-order valence-corrected chi connectivity index (χ1v) is 17.8. The van der Waals surface area contributed by atoms with E-state index in [1.807, 2.05) is 37.3 Å². The molecule has 1 amide bonds. The molecule has 1 fully saturated rings. The Labute approximate surface area is 304 Å². The molecule has 1 N–H and O–H groups in total. The average molecular weight is 703 g/mol. The predicted octanol–water partition coefficient (Wildman–Crippen LogP) is 7.83. The van der Waals surface area contributed by atoms with Crippen LogP contribution in [0.1, 0.15) is 96.7 Å². The number of nitrogens with zero attached hydrogens (tertiary/aromatic N) is 5. The summed E-state index contributed by atoms with van der Waals surface area (Å²) in [5, 5.41) is 7.32. The summed E-state index contributed by atoms with van der Waals surface area (Å²) >= 11 is 0. The summed E-state index contributed by atoms with van der Waals surface area (Å²) in [6.45, 7) is 10.6. The standard InChI is InChI=1S/C41H46N6O5/c1-7-8-26(2)47(6)40(49)37-23-31(14-9-28(37)24-48)44-33-21-36(22-33)51-35-17-12-30(13-18-35)41(4,5)29-10-15-34(16-11-29)50-25-32-19-20-42-38(45-32)39-43-27(3)46-52-39/h9-20,23-24,26,33,36,44H,7-8,21-22,25H2,1-6H3/t26?,33-,36+. The van der Waals surface area contributed by atoms with Gasteiger partial charge in [-0.25, -0.2) is 9.97 Å². The molecule has 1 aliphatic rings. The number of carbonyl (C=O) groups excluding carboxylic acids is 2. The summed E-state index contributed by atoms with van der Waals surface area (Å²) in [7, 11) is 1.80. The average Bonchev–Trinajstić information content (AvgIpc) is 3.59. The Bertz CT molecular complexity index is 1990. The minimum Gasteiger partial charge on any atom is -0.490 e. The lowest BCUT2D eigenvalue weighted by Crippen LogP contribution is -2.42. The maximum atomic E-state index is 13.2. The van der Waals surface area contributed by atoms with E-state index in [4.69, 9.17) is 14.0 Å². The van der Waals surface area contributed by atoms with Crippen molar-refractivity contribution in [3.8, 4) is 23.2 Å². The molecule has 2 aromatic heterocycles. The van der Waals surface area contributed by atoms with E-state index in [1.54, 1.807) is 43.3 Å². The summed E-state index contributed by atoms with van der Waals surface area (Å²) in [4.78, 5) is 39.5. The number of amides is 1. The van der Waals surface area contributed by atoms with Crippen molar-refractivity contribution in [1.82, 2.24) is 25.0 Å². The van der Waals surface area contributed by atoms with Crippen molar-refractivity contribution >= 4 is 17.9 Å². The van der Waals surface area contributed by atoms with Crippen molar-refractivity contribution in [2.45, 2.75) is 90.5 Å². The van der Waals surface area contributed by atoms with E-state index in [-0.39, 0.29) is 42.0 Å². The second-order valence-corrected chi connectivity index (χ2v) is 14.0. The number of nitrogens with one attached hydrogen (secondary N) is 1. The topological polar surface area (TPSA) is 133 Å². The third kappa shape index (κ3) is 8.30. The SMILES string of the molecule is CCCC(C)N(C)C(=O)c1cc(N[C@H]2C[C@@H](Oc3ccc(C(C)(C)c4ccc(OCc5ccnc(-c6nc(C)no6)n5)cc4)cc3)C2)ccc1C=O. The van der Waals surface area contributed by atoms with Gasteiger partial charge in [-0.2, -0.15) is 4.98 Å². The van der Waals surface area contributed by atoms with Gasteiger partial charge in [0.25, 0.3) is 11.8 Å². The van der Waals surface area contributed by atoms with Crippen LogP contribution in [0.4, 0.5) is 5.69 Å². The number of hydrogen-bond donors (Lipinski definition) is 1. The van der Waals surface area contributed by atoms with Crippen LogP contribution in [0.5, 0.6) is 11.5 Å². The van der Waals surface area contributed by atoms with Gasteiger partial charge in [-0.15, -0.1) is 0 Å². The van der Waals surface area contributed by atoms with E-state index in [2.05, 4.69) is 70.5 Å². The van der Waals surface area contributed by atoms with Gasteiger partial charge >= 0.3 is 0 Å². The number of ether oxygens (including phenoxy) is 2. The Morgan fingerprint density at radius 1 is 1.02 bits per heavy atom. The van der Waals surface area contributed by atoms with Crippen molar-refractivity contribution < 1.29 is 23.6 Å². The largest absolute Gasteiger partial charge is 0.490 e. The summed E-state index contributed by atoms with van der Waals surface area (Å²) in [5.41, 5.74) is 4.45. The Morgan fingerprint density at radius 2 is 1.71 bits per heavy atom. The lowest BCUT2D eigenvalue weighted by molar-refractivity contribution is 0.0733. The van der Waals surface area contributed by atoms with Crippen molar-refractivity contribution in [3.63, 3.8) is 0 Å². The summed E-state index contributed by atoms with van der Waals surface area (Å²) in [6, 6.07) is 23.9. The molecular formula is C41H46N6O5. The van der Waals surface area contributed by atoms with Gasteiger partial charge in [0.05, 0.1) is 11.3 Å². The van der Waals surface area contributed by atoms with Crippen LogP contribution in [0.2, 0.25) is 0 Å². The van der Waals surface area contributed by atoms with E-state index in [9.17, 15) is 9.59 Å². The molecule has 0 radical (unpaired) electrons. The van der Waals surface area contributed by atoms with Crippen molar-refractivity contribution in [1.29, 1.82) is 0 Å². The number of aryl methyl sites for hydroxylation is 1. The molecule has 52 heavy (non-hydrogen) atoms. The summed E-state index contributed by atoms with van der Waals surface area (Å²) in [6.07, 6.45) is 6.06. The molecule has 1 atom stereocenters. The molecule has 5 aromatic rings. The smallest absolute Gasteiger partial charge is 0.295 e. The maximum absolute atomic E-state index is 13.2. The van der Waals surface area contributed by atoms with Crippen LogP contribution in [-0.4, -0.2) is 62.4 Å². The number of hydrogen-bond acceptors (Lipinski definition) is 10. The van der Waals surface area contributed by atoms with Crippen LogP contribution in [0.25, 0.3) is 11.7 Å². The quantitative estimate of drug-likeness (QED) is 0.108. The fourth-order valence-corrected chi connectivity index (χ4v) is 6.35. The number of anilines is 1. The maximum Gasteiger partial charge on any atom is 0.295 e. The van der Waals surface area contributed by atoms with E-state index < -0.39 is 0 Å². The molecule has 0 bridgehead atoms. The van der Waals surface area contributed by atoms with Crippen molar-refractivity contribution in [2.24, 2.45) is 0 Å². The van der Waals surface area contributed by atoms with Gasteiger partial charge < -0.3 is 24.2 Å². The number of carbonyl (C=O) groups is 2. The van der Waals surface area contributed by atoms with Gasteiger partial charge in [-0.3, -0.25) is 9.59 Å². The van der Waals surface area contributed by atoms with Gasteiger partial charge in [0.1, 0.15) is 24.2 Å². The van der Waals surface area contributed by atoms with Gasteiger partial charge in [-0.1, -0.05) is 56.6 Å². The third-order valence-electron chi connectivity index (χ3n) is 9.84. The molecule has 270 valence electrons. The predicted molar refractivity (Wildman–Crippen MR) is 199 cm³/mol. The monoisotopic (exact) mass is 702 g/mol. The molecule has 11 heteroatoms. The van der Waals surface area contributed by atoms with E-state index in [1.165, 1.54) is 5.56 Å². The molecule has 2 heterocycles. The molecule has 0 spiro atoms. The minimum absolute atomic E-state index is 0.0947. The Balaban J connectivity index is 0.996. The first-order chi connectivity index (χ1) is 25.0. The highest BCUT2D eigenvalue weighted by atomic mass is 16.5. The fraction of sp³-hybridized carbons (Fsp3) is 0.366. The van der Waals surface area contributed by atoms with E-state index in [0.717, 1.165) is 54.7 Å². The molecule has 3 aromatic carbocycles. The normalized spacial score (nSPS) is 16.0.